The fraction of sp³-hybridized carbons (Fsp3) is 0.724. The van der Waals surface area contributed by atoms with Gasteiger partial charge in [-0.3, -0.25) is 14.5 Å². The average Bonchev–Trinajstić information content (AvgIpc) is 3.25. The highest BCUT2D eigenvalue weighted by atomic mass is 16.6. The van der Waals surface area contributed by atoms with E-state index in [0.29, 0.717) is 123 Å². The highest BCUT2D eigenvalue weighted by molar-refractivity contribution is 6.21. The second-order valence-corrected chi connectivity index (χ2v) is 8.92. The van der Waals surface area contributed by atoms with Gasteiger partial charge in [0.15, 0.2) is 0 Å². The highest BCUT2D eigenvalue weighted by Crippen LogP contribution is 2.21. The number of fused-ring (bicyclic) bond motifs is 1. The topological polar surface area (TPSA) is 132 Å². The zero-order chi connectivity index (χ0) is 29.9. The lowest BCUT2D eigenvalue weighted by molar-refractivity contribution is -0.0250. The van der Waals surface area contributed by atoms with E-state index in [1.54, 1.807) is 24.3 Å². The molecule has 1 aromatic carbocycles. The van der Waals surface area contributed by atoms with Crippen LogP contribution in [0.5, 0.6) is 0 Å². The summed E-state index contributed by atoms with van der Waals surface area (Å²) in [6.45, 7) is 9.87. The number of carbonyl (C=O) groups is 2. The summed E-state index contributed by atoms with van der Waals surface area (Å²) in [4.78, 5) is 25.8. The number of carbonyl (C=O) groups excluding carboxylic acids is 2. The molecule has 0 aromatic heterocycles. The third kappa shape index (κ3) is 16.6. The van der Waals surface area contributed by atoms with E-state index < -0.39 is 0 Å². The molecule has 1 aromatic rings. The molecule has 13 heteroatoms. The number of benzene rings is 1. The number of amides is 2. The molecule has 2 rings (SSSR count). The van der Waals surface area contributed by atoms with Gasteiger partial charge >= 0.3 is 0 Å². The largest absolute Gasteiger partial charge is 0.378 e. The summed E-state index contributed by atoms with van der Waals surface area (Å²) in [5.41, 5.74) is 0.889. The normalized spacial score (nSPS) is 12.9. The number of hydrogen-bond donors (Lipinski definition) is 1. The number of imide groups is 1. The molecule has 1 aliphatic heterocycles. The number of nitrogens with zero attached hydrogens (tertiary/aromatic N) is 1. The first-order chi connectivity index (χ1) is 20.8. The van der Waals surface area contributed by atoms with Gasteiger partial charge in [-0.2, -0.15) is 0 Å². The van der Waals surface area contributed by atoms with Gasteiger partial charge < -0.3 is 47.9 Å². The van der Waals surface area contributed by atoms with E-state index in [-0.39, 0.29) is 25.0 Å². The molecule has 240 valence electrons. The van der Waals surface area contributed by atoms with Crippen molar-refractivity contribution in [1.29, 1.82) is 0 Å². The Morgan fingerprint density at radius 3 is 1.07 bits per heavy atom. The van der Waals surface area contributed by atoms with Gasteiger partial charge in [0.25, 0.3) is 11.8 Å². The predicted octanol–water partition coefficient (Wildman–Crippen LogP) is 0.651. The van der Waals surface area contributed by atoms with Crippen molar-refractivity contribution in [2.45, 2.75) is 0 Å². The Labute approximate surface area is 248 Å². The maximum Gasteiger partial charge on any atom is 0.261 e. The molecule has 1 heterocycles. The van der Waals surface area contributed by atoms with Crippen molar-refractivity contribution in [2.75, 3.05) is 139 Å². The van der Waals surface area contributed by atoms with E-state index in [1.165, 1.54) is 4.90 Å². The summed E-state index contributed by atoms with van der Waals surface area (Å²) in [5, 5.41) is 3.01. The van der Waals surface area contributed by atoms with Crippen LogP contribution in [0.4, 0.5) is 0 Å². The number of ether oxygens (including phenoxy) is 9. The maximum atomic E-state index is 12.3. The Kier molecular flexibility index (Phi) is 21.9. The van der Waals surface area contributed by atoms with Crippen molar-refractivity contribution in [3.05, 3.63) is 35.4 Å². The lowest BCUT2D eigenvalue weighted by atomic mass is 10.1. The van der Waals surface area contributed by atoms with Gasteiger partial charge in [0, 0.05) is 6.54 Å². The molecule has 0 saturated heterocycles. The van der Waals surface area contributed by atoms with Crippen LogP contribution in [-0.4, -0.2) is 156 Å². The Morgan fingerprint density at radius 2 is 0.762 bits per heavy atom. The van der Waals surface area contributed by atoms with Gasteiger partial charge in [-0.1, -0.05) is 12.1 Å². The number of nitrogens with one attached hydrogen (secondary N) is 1. The fourth-order valence-electron chi connectivity index (χ4n) is 3.63. The van der Waals surface area contributed by atoms with Gasteiger partial charge in [0.2, 0.25) is 0 Å². The zero-order valence-corrected chi connectivity index (χ0v) is 24.9. The first-order valence-electron chi connectivity index (χ1n) is 14.5. The summed E-state index contributed by atoms with van der Waals surface area (Å²) in [6.07, 6.45) is 0. The third-order valence-corrected chi connectivity index (χ3v) is 5.81. The smallest absolute Gasteiger partial charge is 0.261 e. The molecule has 0 fully saturated rings. The molecule has 0 bridgehead atoms. The van der Waals surface area contributed by atoms with Crippen LogP contribution in [0.25, 0.3) is 0 Å². The van der Waals surface area contributed by atoms with Crippen molar-refractivity contribution < 1.29 is 52.2 Å². The Morgan fingerprint density at radius 1 is 0.476 bits per heavy atom. The van der Waals surface area contributed by atoms with Gasteiger partial charge in [-0.25, -0.2) is 0 Å². The molecule has 0 aliphatic carbocycles. The maximum absolute atomic E-state index is 12.3. The SMILES string of the molecule is CNCCOCCOCCOCCOCCOCCOCCOCCOCCOCCN1C(=O)c2ccccc2C1=O. The summed E-state index contributed by atoms with van der Waals surface area (Å²) in [6, 6.07) is 6.82. The molecular weight excluding hydrogens is 552 g/mol. The minimum Gasteiger partial charge on any atom is -0.378 e. The standard InChI is InChI=1S/C29H48N2O11/c1-30-6-8-34-10-12-36-14-16-38-18-20-40-22-24-42-25-23-41-21-19-39-17-15-37-13-11-35-9-7-31-28(32)26-4-2-3-5-27(26)29(31)33/h2-5,30H,6-25H2,1H3. The fourth-order valence-corrected chi connectivity index (χ4v) is 3.63. The summed E-state index contributed by atoms with van der Waals surface area (Å²) in [5.74, 6) is -0.550. The molecule has 42 heavy (non-hydrogen) atoms. The Bertz CT molecular complexity index is 796. The molecule has 0 atom stereocenters. The van der Waals surface area contributed by atoms with Crippen LogP contribution in [0, 0.1) is 0 Å². The summed E-state index contributed by atoms with van der Waals surface area (Å²) >= 11 is 0. The first-order valence-corrected chi connectivity index (χ1v) is 14.5. The van der Waals surface area contributed by atoms with E-state index in [0.717, 1.165) is 6.54 Å². The van der Waals surface area contributed by atoms with Crippen molar-refractivity contribution in [3.8, 4) is 0 Å². The Hall–Kier alpha value is -2.04. The van der Waals surface area contributed by atoms with Crippen LogP contribution in [0.15, 0.2) is 24.3 Å². The minimum absolute atomic E-state index is 0.218. The van der Waals surface area contributed by atoms with Crippen molar-refractivity contribution in [1.82, 2.24) is 10.2 Å². The van der Waals surface area contributed by atoms with Crippen LogP contribution in [0.1, 0.15) is 20.7 Å². The molecule has 0 radical (unpaired) electrons. The molecule has 2 amide bonds. The highest BCUT2D eigenvalue weighted by Gasteiger charge is 2.34. The lowest BCUT2D eigenvalue weighted by Gasteiger charge is -2.13. The molecular formula is C29H48N2O11. The van der Waals surface area contributed by atoms with E-state index in [2.05, 4.69) is 5.32 Å². The van der Waals surface area contributed by atoms with Crippen LogP contribution in [0.3, 0.4) is 0 Å². The van der Waals surface area contributed by atoms with Crippen LogP contribution >= 0.6 is 0 Å². The first kappa shape index (κ1) is 36.2. The molecule has 0 spiro atoms. The molecule has 1 aliphatic rings. The number of rotatable bonds is 30. The molecule has 0 saturated carbocycles. The van der Waals surface area contributed by atoms with E-state index in [1.807, 2.05) is 7.05 Å². The third-order valence-electron chi connectivity index (χ3n) is 5.81. The summed E-state index contributed by atoms with van der Waals surface area (Å²) < 4.78 is 49.0. The number of likely N-dealkylation sites (N-methyl/N-ethyl adjacent to an activating group) is 1. The second-order valence-electron chi connectivity index (χ2n) is 8.92. The lowest BCUT2D eigenvalue weighted by Crippen LogP contribution is -2.33. The molecule has 1 N–H and O–H groups in total. The van der Waals surface area contributed by atoms with Crippen LogP contribution in [-0.2, 0) is 42.6 Å². The van der Waals surface area contributed by atoms with Gasteiger partial charge in [0.05, 0.1) is 137 Å². The van der Waals surface area contributed by atoms with Crippen molar-refractivity contribution in [3.63, 3.8) is 0 Å². The second kappa shape index (κ2) is 25.5. The molecule has 0 unspecified atom stereocenters. The van der Waals surface area contributed by atoms with Gasteiger partial charge in [-0.05, 0) is 19.2 Å². The predicted molar refractivity (Wildman–Crippen MR) is 153 cm³/mol. The van der Waals surface area contributed by atoms with Gasteiger partial charge in [0.1, 0.15) is 0 Å². The quantitative estimate of drug-likeness (QED) is 0.0982. The van der Waals surface area contributed by atoms with Crippen molar-refractivity contribution >= 4 is 11.8 Å². The average molecular weight is 601 g/mol. The monoisotopic (exact) mass is 600 g/mol. The zero-order valence-electron chi connectivity index (χ0n) is 24.9. The molecule has 13 nitrogen and oxygen atoms in total. The van der Waals surface area contributed by atoms with Gasteiger partial charge in [-0.15, -0.1) is 0 Å². The Balaban J connectivity index is 1.21. The number of hydrogen-bond acceptors (Lipinski definition) is 12. The van der Waals surface area contributed by atoms with E-state index in [9.17, 15) is 9.59 Å². The van der Waals surface area contributed by atoms with Crippen molar-refractivity contribution in [2.24, 2.45) is 0 Å². The van der Waals surface area contributed by atoms with Crippen LogP contribution < -0.4 is 5.32 Å². The van der Waals surface area contributed by atoms with E-state index in [4.69, 9.17) is 42.6 Å². The minimum atomic E-state index is -0.275. The van der Waals surface area contributed by atoms with Crippen LogP contribution in [0.2, 0.25) is 0 Å². The van der Waals surface area contributed by atoms with E-state index >= 15 is 0 Å². The summed E-state index contributed by atoms with van der Waals surface area (Å²) in [7, 11) is 1.89.